The molecule has 0 atom stereocenters. The van der Waals surface area contributed by atoms with Crippen molar-refractivity contribution < 1.29 is 5.11 Å². The summed E-state index contributed by atoms with van der Waals surface area (Å²) in [6.07, 6.45) is 1.61. The van der Waals surface area contributed by atoms with Gasteiger partial charge in [0, 0.05) is 17.6 Å². The summed E-state index contributed by atoms with van der Waals surface area (Å²) < 4.78 is 0. The number of aromatic hydroxyl groups is 1. The molecule has 0 bridgehead atoms. The van der Waals surface area contributed by atoms with Crippen molar-refractivity contribution in [1.82, 2.24) is 9.97 Å². The lowest BCUT2D eigenvalue weighted by atomic mass is 10.2. The van der Waals surface area contributed by atoms with Crippen LogP contribution < -0.4 is 11.3 Å². The first-order chi connectivity index (χ1) is 6.31. The molecule has 4 N–H and O–H groups in total. The molecule has 5 nitrogen and oxygen atoms in total. The maximum Gasteiger partial charge on any atom is 0.214 e. The molecule has 0 amide bonds. The summed E-state index contributed by atoms with van der Waals surface area (Å²) >= 11 is 0. The zero-order valence-electron chi connectivity index (χ0n) is 6.73. The number of hydrogen-bond acceptors (Lipinski definition) is 5. The van der Waals surface area contributed by atoms with Crippen LogP contribution in [-0.2, 0) is 0 Å². The molecule has 0 saturated heterocycles. The third-order valence-electron chi connectivity index (χ3n) is 1.73. The summed E-state index contributed by atoms with van der Waals surface area (Å²) in [6.45, 7) is 0. The van der Waals surface area contributed by atoms with Crippen LogP contribution in [0.5, 0.6) is 5.88 Å². The Morgan fingerprint density at radius 3 is 3.08 bits per heavy atom. The second-order valence-electron chi connectivity index (χ2n) is 2.55. The molecule has 0 aliphatic carbocycles. The van der Waals surface area contributed by atoms with Crippen molar-refractivity contribution in [3.8, 4) is 5.88 Å². The Bertz CT molecular complexity index is 443. The Morgan fingerprint density at radius 2 is 2.31 bits per heavy atom. The number of fused-ring (bicyclic) bond motifs is 1. The van der Waals surface area contributed by atoms with Gasteiger partial charge in [0.1, 0.15) is 0 Å². The van der Waals surface area contributed by atoms with Gasteiger partial charge in [-0.3, -0.25) is 5.84 Å². The average molecular weight is 176 g/mol. The van der Waals surface area contributed by atoms with Gasteiger partial charge in [0.05, 0.1) is 5.69 Å². The van der Waals surface area contributed by atoms with Crippen LogP contribution in [0, 0.1) is 0 Å². The van der Waals surface area contributed by atoms with E-state index < -0.39 is 0 Å². The van der Waals surface area contributed by atoms with Crippen molar-refractivity contribution in [2.45, 2.75) is 0 Å². The van der Waals surface area contributed by atoms with Gasteiger partial charge >= 0.3 is 0 Å². The first-order valence-corrected chi connectivity index (χ1v) is 3.72. The van der Waals surface area contributed by atoms with Crippen LogP contribution in [0.15, 0.2) is 24.4 Å². The Kier molecular flexibility index (Phi) is 1.71. The number of hydrazine groups is 1. The van der Waals surface area contributed by atoms with Crippen LogP contribution in [0.25, 0.3) is 11.0 Å². The number of pyridine rings is 2. The normalized spacial score (nSPS) is 10.2. The molecule has 13 heavy (non-hydrogen) atoms. The van der Waals surface area contributed by atoms with Crippen molar-refractivity contribution >= 4 is 16.7 Å². The number of nitrogens with zero attached hydrogens (tertiary/aromatic N) is 2. The van der Waals surface area contributed by atoms with E-state index in [1.54, 1.807) is 12.3 Å². The summed E-state index contributed by atoms with van der Waals surface area (Å²) in [6, 6.07) is 5.05. The summed E-state index contributed by atoms with van der Waals surface area (Å²) in [7, 11) is 0. The van der Waals surface area contributed by atoms with Gasteiger partial charge in [0.25, 0.3) is 0 Å². The Morgan fingerprint density at radius 1 is 1.46 bits per heavy atom. The minimum atomic E-state index is -0.0980. The molecular weight excluding hydrogens is 168 g/mol. The van der Waals surface area contributed by atoms with E-state index in [9.17, 15) is 5.11 Å². The molecule has 2 aromatic heterocycles. The highest BCUT2D eigenvalue weighted by Crippen LogP contribution is 2.22. The zero-order valence-corrected chi connectivity index (χ0v) is 6.73. The van der Waals surface area contributed by atoms with Gasteiger partial charge in [-0.15, -0.1) is 0 Å². The van der Waals surface area contributed by atoms with Crippen molar-refractivity contribution in [2.24, 2.45) is 5.84 Å². The fraction of sp³-hybridized carbons (Fsp3) is 0. The molecule has 2 heterocycles. The lowest BCUT2D eigenvalue weighted by Gasteiger charge is -2.04. The second-order valence-corrected chi connectivity index (χ2v) is 2.55. The molecule has 0 spiro atoms. The van der Waals surface area contributed by atoms with Crippen LogP contribution in [0.4, 0.5) is 5.69 Å². The van der Waals surface area contributed by atoms with Gasteiger partial charge in [-0.05, 0) is 12.1 Å². The molecule has 2 aromatic rings. The minimum Gasteiger partial charge on any atom is -0.493 e. The molecule has 0 aliphatic heterocycles. The van der Waals surface area contributed by atoms with Crippen molar-refractivity contribution in [3.63, 3.8) is 0 Å². The molecule has 0 aliphatic rings. The average Bonchev–Trinajstić information content (AvgIpc) is 2.16. The summed E-state index contributed by atoms with van der Waals surface area (Å²) in [5.74, 6) is 5.17. The van der Waals surface area contributed by atoms with E-state index in [2.05, 4.69) is 15.4 Å². The van der Waals surface area contributed by atoms with E-state index in [0.717, 1.165) is 5.39 Å². The van der Waals surface area contributed by atoms with Crippen molar-refractivity contribution in [3.05, 3.63) is 24.4 Å². The smallest absolute Gasteiger partial charge is 0.214 e. The highest BCUT2D eigenvalue weighted by Gasteiger charge is 2.03. The van der Waals surface area contributed by atoms with E-state index in [1.165, 1.54) is 6.07 Å². The monoisotopic (exact) mass is 176 g/mol. The fourth-order valence-electron chi connectivity index (χ4n) is 1.16. The third-order valence-corrected chi connectivity index (χ3v) is 1.73. The Labute approximate surface area is 74.2 Å². The second kappa shape index (κ2) is 2.87. The maximum absolute atomic E-state index is 9.20. The van der Waals surface area contributed by atoms with Gasteiger partial charge in [-0.2, -0.15) is 4.98 Å². The summed E-state index contributed by atoms with van der Waals surface area (Å²) in [4.78, 5) is 7.82. The number of nitrogens with one attached hydrogen (secondary N) is 1. The number of nitrogens with two attached hydrogens (primary N) is 1. The molecular formula is C8H8N4O. The molecule has 0 fully saturated rings. The third kappa shape index (κ3) is 1.25. The lowest BCUT2D eigenvalue weighted by molar-refractivity contribution is 0.455. The van der Waals surface area contributed by atoms with Crippen LogP contribution in [0.3, 0.4) is 0 Å². The number of nitrogen functional groups attached to an aromatic ring is 1. The topological polar surface area (TPSA) is 84.1 Å². The molecule has 2 rings (SSSR count). The van der Waals surface area contributed by atoms with Gasteiger partial charge in [0.15, 0.2) is 5.65 Å². The standard InChI is InChI=1S/C8H8N4O/c9-12-6-4-7(13)11-8-5(6)2-1-3-10-8/h1-4H,9H2,(H2,10,11,12,13). The van der Waals surface area contributed by atoms with Crippen LogP contribution in [0.1, 0.15) is 0 Å². The van der Waals surface area contributed by atoms with E-state index in [-0.39, 0.29) is 5.88 Å². The van der Waals surface area contributed by atoms with Crippen molar-refractivity contribution in [1.29, 1.82) is 0 Å². The Hall–Kier alpha value is -1.88. The molecule has 0 radical (unpaired) electrons. The van der Waals surface area contributed by atoms with Crippen LogP contribution in [-0.4, -0.2) is 15.1 Å². The highest BCUT2D eigenvalue weighted by atomic mass is 16.3. The molecule has 0 unspecified atom stereocenters. The van der Waals surface area contributed by atoms with Gasteiger partial charge in [-0.1, -0.05) is 0 Å². The molecule has 66 valence electrons. The first kappa shape index (κ1) is 7.75. The van der Waals surface area contributed by atoms with Gasteiger partial charge < -0.3 is 10.5 Å². The van der Waals surface area contributed by atoms with Crippen molar-refractivity contribution in [2.75, 3.05) is 5.43 Å². The van der Waals surface area contributed by atoms with Gasteiger partial charge in [0.2, 0.25) is 5.88 Å². The van der Waals surface area contributed by atoms with E-state index in [1.807, 2.05) is 6.07 Å². The number of aromatic nitrogens is 2. The SMILES string of the molecule is NNc1cc(O)nc2ncccc12. The van der Waals surface area contributed by atoms with E-state index in [0.29, 0.717) is 11.3 Å². The largest absolute Gasteiger partial charge is 0.493 e. The number of hydrogen-bond donors (Lipinski definition) is 3. The molecule has 0 aromatic carbocycles. The predicted octanol–water partition coefficient (Wildman–Crippen LogP) is 0.621. The van der Waals surface area contributed by atoms with Gasteiger partial charge in [-0.25, -0.2) is 4.98 Å². The highest BCUT2D eigenvalue weighted by molar-refractivity contribution is 5.89. The molecule has 5 heteroatoms. The van der Waals surface area contributed by atoms with Crippen LogP contribution >= 0.6 is 0 Å². The fourth-order valence-corrected chi connectivity index (χ4v) is 1.16. The predicted molar refractivity (Wildman–Crippen MR) is 49.0 cm³/mol. The lowest BCUT2D eigenvalue weighted by Crippen LogP contribution is -2.07. The molecule has 0 saturated carbocycles. The minimum absolute atomic E-state index is 0.0980. The summed E-state index contributed by atoms with van der Waals surface area (Å²) in [5, 5.41) is 9.98. The quantitative estimate of drug-likeness (QED) is 0.438. The number of rotatable bonds is 1. The van der Waals surface area contributed by atoms with E-state index >= 15 is 0 Å². The van der Waals surface area contributed by atoms with E-state index in [4.69, 9.17) is 5.84 Å². The number of anilines is 1. The maximum atomic E-state index is 9.20. The van der Waals surface area contributed by atoms with Crippen LogP contribution in [0.2, 0.25) is 0 Å². The Balaban J connectivity index is 2.81. The first-order valence-electron chi connectivity index (χ1n) is 3.72. The zero-order chi connectivity index (χ0) is 9.26. The summed E-state index contributed by atoms with van der Waals surface area (Å²) in [5.41, 5.74) is 3.55.